The number of para-hydroxylation sites is 1. The first-order valence-electron chi connectivity index (χ1n) is 13.2. The largest absolute Gasteiger partial charge is 0.491 e. The number of aliphatic hydroxyl groups excluding tert-OH is 1. The van der Waals surface area contributed by atoms with Gasteiger partial charge in [0.05, 0.1) is 24.6 Å². The van der Waals surface area contributed by atoms with Crippen LogP contribution in [0.2, 0.25) is 0 Å². The Morgan fingerprint density at radius 3 is 2.58 bits per heavy atom. The van der Waals surface area contributed by atoms with E-state index < -0.39 is 5.54 Å². The van der Waals surface area contributed by atoms with E-state index in [4.69, 9.17) is 20.9 Å². The number of amides is 1. The Morgan fingerprint density at radius 2 is 1.95 bits per heavy atom. The normalized spacial score (nSPS) is 18.4. The predicted molar refractivity (Wildman–Crippen MR) is 152 cm³/mol. The molecule has 2 heterocycles. The summed E-state index contributed by atoms with van der Waals surface area (Å²) in [7, 11) is 0. The van der Waals surface area contributed by atoms with Crippen LogP contribution < -0.4 is 20.9 Å². The molecule has 4 rings (SSSR count). The van der Waals surface area contributed by atoms with Gasteiger partial charge in [0.15, 0.2) is 5.96 Å². The van der Waals surface area contributed by atoms with E-state index in [0.29, 0.717) is 18.7 Å². The molecule has 0 saturated carbocycles. The number of hydrogen-bond acceptors (Lipinski definition) is 7. The first-order chi connectivity index (χ1) is 17.9. The maximum atomic E-state index is 12.6. The van der Waals surface area contributed by atoms with Crippen molar-refractivity contribution in [2.75, 3.05) is 6.61 Å². The Kier molecular flexibility index (Phi) is 9.09. The number of nitrogens with zero attached hydrogens (tertiary/aromatic N) is 2. The van der Waals surface area contributed by atoms with E-state index >= 15 is 0 Å². The van der Waals surface area contributed by atoms with E-state index in [1.54, 1.807) is 0 Å². The summed E-state index contributed by atoms with van der Waals surface area (Å²) in [5.41, 5.74) is 14.4. The molecule has 0 bridgehead atoms. The molecular weight excluding hydrogens is 480 g/mol. The Labute approximate surface area is 226 Å². The van der Waals surface area contributed by atoms with Crippen LogP contribution in [0.1, 0.15) is 70.6 Å². The lowest BCUT2D eigenvalue weighted by Crippen LogP contribution is -2.49. The topological polar surface area (TPSA) is 123 Å². The Hall–Kier alpha value is -3.52. The van der Waals surface area contributed by atoms with Crippen molar-refractivity contribution in [3.63, 3.8) is 0 Å². The van der Waals surface area contributed by atoms with E-state index in [1.165, 1.54) is 4.90 Å². The fourth-order valence-corrected chi connectivity index (χ4v) is 4.32. The summed E-state index contributed by atoms with van der Waals surface area (Å²) in [4.78, 5) is 18.6. The molecule has 0 radical (unpaired) electrons. The lowest BCUT2D eigenvalue weighted by Gasteiger charge is -2.34. The number of ether oxygens (including phenoxy) is 2. The van der Waals surface area contributed by atoms with Crippen LogP contribution in [0.15, 0.2) is 54.0 Å². The molecule has 1 atom stereocenters. The van der Waals surface area contributed by atoms with Crippen molar-refractivity contribution >= 4 is 17.6 Å². The van der Waals surface area contributed by atoms with Crippen molar-refractivity contribution < 1.29 is 19.4 Å². The van der Waals surface area contributed by atoms with Crippen LogP contribution in [-0.2, 0) is 17.8 Å². The van der Waals surface area contributed by atoms with Gasteiger partial charge in [0.2, 0.25) is 5.91 Å². The summed E-state index contributed by atoms with van der Waals surface area (Å²) in [5.74, 6) is 1.81. The van der Waals surface area contributed by atoms with Gasteiger partial charge in [0.1, 0.15) is 23.7 Å². The molecule has 0 aliphatic carbocycles. The van der Waals surface area contributed by atoms with Gasteiger partial charge in [-0.05, 0) is 69.0 Å². The summed E-state index contributed by atoms with van der Waals surface area (Å²) in [5, 5.41) is 9.23. The number of nitrogens with two attached hydrogens (primary N) is 2. The van der Waals surface area contributed by atoms with Crippen LogP contribution in [0.25, 0.3) is 5.70 Å². The summed E-state index contributed by atoms with van der Waals surface area (Å²) in [6, 6.07) is 13.5. The van der Waals surface area contributed by atoms with Crippen LogP contribution in [0.5, 0.6) is 11.5 Å². The SMILES string of the molecule is C=C(N)c1ccc(OC(C)(CC)CC)c(CN2C(=O)CC(C)(C)N=C2N)c1.OC1COc2ccccc2C1. The molecule has 8 heteroatoms. The van der Waals surface area contributed by atoms with Gasteiger partial charge in [-0.15, -0.1) is 0 Å². The Balaban J connectivity index is 0.000000299. The van der Waals surface area contributed by atoms with Crippen molar-refractivity contribution in [2.24, 2.45) is 16.5 Å². The summed E-state index contributed by atoms with van der Waals surface area (Å²) in [6.45, 7) is 14.6. The summed E-state index contributed by atoms with van der Waals surface area (Å²) in [6.07, 6.45) is 2.44. The highest BCUT2D eigenvalue weighted by Crippen LogP contribution is 2.31. The minimum absolute atomic E-state index is 0.0517. The highest BCUT2D eigenvalue weighted by Gasteiger charge is 2.33. The molecule has 2 aromatic rings. The predicted octanol–water partition coefficient (Wildman–Crippen LogP) is 4.38. The van der Waals surface area contributed by atoms with E-state index in [1.807, 2.05) is 56.3 Å². The van der Waals surface area contributed by atoms with E-state index in [-0.39, 0.29) is 30.1 Å². The van der Waals surface area contributed by atoms with Crippen LogP contribution in [0, 0.1) is 0 Å². The number of benzene rings is 2. The highest BCUT2D eigenvalue weighted by molar-refractivity contribution is 5.99. The zero-order valence-electron chi connectivity index (χ0n) is 23.3. The number of aliphatic hydroxyl groups is 1. The number of aliphatic imine (C=N–C) groups is 1. The third-order valence-corrected chi connectivity index (χ3v) is 7.05. The van der Waals surface area contributed by atoms with Crippen molar-refractivity contribution in [3.05, 3.63) is 65.7 Å². The lowest BCUT2D eigenvalue weighted by molar-refractivity contribution is -0.129. The van der Waals surface area contributed by atoms with Gasteiger partial charge in [-0.2, -0.15) is 0 Å². The number of hydrogen-bond donors (Lipinski definition) is 3. The molecule has 0 spiro atoms. The minimum atomic E-state index is -0.479. The average molecular weight is 523 g/mol. The van der Waals surface area contributed by atoms with Crippen LogP contribution in [-0.4, -0.2) is 45.7 Å². The maximum absolute atomic E-state index is 12.6. The second kappa shape index (κ2) is 11.9. The van der Waals surface area contributed by atoms with Crippen LogP contribution >= 0.6 is 0 Å². The molecule has 8 nitrogen and oxygen atoms in total. The third kappa shape index (κ3) is 7.28. The number of carbonyl (C=O) groups excluding carboxylic acids is 1. The second-order valence-corrected chi connectivity index (χ2v) is 10.8. The van der Waals surface area contributed by atoms with Gasteiger partial charge in [0, 0.05) is 17.7 Å². The minimum Gasteiger partial charge on any atom is -0.491 e. The molecule has 2 aliphatic heterocycles. The highest BCUT2D eigenvalue weighted by atomic mass is 16.5. The quantitative estimate of drug-likeness (QED) is 0.496. The number of rotatable bonds is 7. The smallest absolute Gasteiger partial charge is 0.232 e. The van der Waals surface area contributed by atoms with E-state index in [2.05, 4.69) is 32.3 Å². The zero-order valence-corrected chi connectivity index (χ0v) is 23.3. The molecule has 2 aromatic carbocycles. The summed E-state index contributed by atoms with van der Waals surface area (Å²) < 4.78 is 11.6. The molecule has 0 aromatic heterocycles. The van der Waals surface area contributed by atoms with Crippen molar-refractivity contribution in [2.45, 2.75) is 84.1 Å². The molecule has 206 valence electrons. The van der Waals surface area contributed by atoms with E-state index in [9.17, 15) is 9.90 Å². The number of carbonyl (C=O) groups is 1. The number of guanidine groups is 1. The van der Waals surface area contributed by atoms with Gasteiger partial charge < -0.3 is 26.0 Å². The van der Waals surface area contributed by atoms with E-state index in [0.717, 1.165) is 47.5 Å². The van der Waals surface area contributed by atoms with Gasteiger partial charge in [0.25, 0.3) is 0 Å². The molecular formula is C30H42N4O4. The zero-order chi connectivity index (χ0) is 28.1. The maximum Gasteiger partial charge on any atom is 0.232 e. The molecule has 2 aliphatic rings. The van der Waals surface area contributed by atoms with Gasteiger partial charge >= 0.3 is 0 Å². The molecule has 5 N–H and O–H groups in total. The number of fused-ring (bicyclic) bond motifs is 1. The Morgan fingerprint density at radius 1 is 1.26 bits per heavy atom. The van der Waals surface area contributed by atoms with Crippen molar-refractivity contribution in [3.8, 4) is 11.5 Å². The van der Waals surface area contributed by atoms with Gasteiger partial charge in [-0.3, -0.25) is 9.69 Å². The molecule has 1 unspecified atom stereocenters. The van der Waals surface area contributed by atoms with Crippen molar-refractivity contribution in [1.29, 1.82) is 0 Å². The lowest BCUT2D eigenvalue weighted by atomic mass is 9.98. The monoisotopic (exact) mass is 522 g/mol. The first kappa shape index (κ1) is 29.0. The molecule has 1 amide bonds. The van der Waals surface area contributed by atoms with Gasteiger partial charge in [-0.1, -0.05) is 38.6 Å². The average Bonchev–Trinajstić information content (AvgIpc) is 2.86. The van der Waals surface area contributed by atoms with Gasteiger partial charge in [-0.25, -0.2) is 4.99 Å². The first-order valence-corrected chi connectivity index (χ1v) is 13.2. The second-order valence-electron chi connectivity index (χ2n) is 10.8. The molecule has 0 saturated heterocycles. The standard InChI is InChI=1S/C21H32N4O2.C9H10O2/c1-7-21(6,8-2)27-17-10-9-15(14(3)22)11-16(17)13-25-18(26)12-20(4,5)24-19(25)23;10-8-5-7-3-1-2-4-9(7)11-6-8/h9-11H,3,7-8,12-13,22H2,1-2,4-6H3,(H2,23,24);1-4,8,10H,5-6H2. The van der Waals surface area contributed by atoms with Crippen molar-refractivity contribution in [1.82, 2.24) is 4.90 Å². The third-order valence-electron chi connectivity index (χ3n) is 7.05. The fraction of sp³-hybridized carbons (Fsp3) is 0.467. The van der Waals surface area contributed by atoms with Crippen LogP contribution in [0.3, 0.4) is 0 Å². The summed E-state index contributed by atoms with van der Waals surface area (Å²) >= 11 is 0. The molecule has 0 fully saturated rings. The molecule has 38 heavy (non-hydrogen) atoms. The fourth-order valence-electron chi connectivity index (χ4n) is 4.32. The van der Waals surface area contributed by atoms with Crippen LogP contribution in [0.4, 0.5) is 0 Å². The Bertz CT molecular complexity index is 1190.